The van der Waals surface area contributed by atoms with Gasteiger partial charge >= 0.3 is 0 Å². The van der Waals surface area contributed by atoms with E-state index in [1.54, 1.807) is 0 Å². The molecule has 6 heteroatoms. The van der Waals surface area contributed by atoms with Crippen LogP contribution < -0.4 is 5.73 Å². The number of nitrogens with zero attached hydrogens (tertiary/aromatic N) is 1. The molecular formula is C11H9F2N3O. The van der Waals surface area contributed by atoms with Crippen molar-refractivity contribution in [2.75, 3.05) is 5.73 Å². The summed E-state index contributed by atoms with van der Waals surface area (Å²) in [4.78, 5) is 11.7. The second-order valence-electron chi connectivity index (χ2n) is 3.50. The highest BCUT2D eigenvalue weighted by Crippen LogP contribution is 2.16. The van der Waals surface area contributed by atoms with Gasteiger partial charge in [-0.3, -0.25) is 9.89 Å². The van der Waals surface area contributed by atoms with Crippen molar-refractivity contribution < 1.29 is 13.6 Å². The number of ketones is 1. The molecule has 88 valence electrons. The average molecular weight is 237 g/mol. The van der Waals surface area contributed by atoms with E-state index < -0.39 is 17.4 Å². The van der Waals surface area contributed by atoms with Crippen molar-refractivity contribution in [2.24, 2.45) is 0 Å². The zero-order chi connectivity index (χ0) is 12.4. The Kier molecular flexibility index (Phi) is 2.86. The molecule has 0 saturated heterocycles. The van der Waals surface area contributed by atoms with E-state index in [2.05, 4.69) is 10.2 Å². The minimum atomic E-state index is -0.750. The number of halogens is 2. The first kappa shape index (κ1) is 11.3. The summed E-state index contributed by atoms with van der Waals surface area (Å²) >= 11 is 0. The van der Waals surface area contributed by atoms with Gasteiger partial charge in [-0.15, -0.1) is 0 Å². The number of aromatic amines is 1. The molecule has 0 spiro atoms. The van der Waals surface area contributed by atoms with Gasteiger partial charge in [0.05, 0.1) is 11.8 Å². The smallest absolute Gasteiger partial charge is 0.172 e. The predicted octanol–water partition coefficient (Wildman–Crippen LogP) is 1.70. The molecule has 0 aliphatic carbocycles. The lowest BCUT2D eigenvalue weighted by atomic mass is 10.0. The number of aromatic nitrogens is 2. The first-order valence-electron chi connectivity index (χ1n) is 4.84. The summed E-state index contributed by atoms with van der Waals surface area (Å²) in [5.41, 5.74) is 5.31. The minimum absolute atomic E-state index is 0.0896. The SMILES string of the molecule is Nc1[nH]ncc1C(=O)Cc1c(F)cccc1F. The van der Waals surface area contributed by atoms with E-state index in [4.69, 9.17) is 5.73 Å². The molecule has 0 saturated carbocycles. The van der Waals surface area contributed by atoms with Gasteiger partial charge in [-0.25, -0.2) is 8.78 Å². The number of nitrogens with two attached hydrogens (primary N) is 1. The largest absolute Gasteiger partial charge is 0.383 e. The molecule has 4 nitrogen and oxygen atoms in total. The Balaban J connectivity index is 2.28. The van der Waals surface area contributed by atoms with Crippen molar-refractivity contribution in [2.45, 2.75) is 6.42 Å². The summed E-state index contributed by atoms with van der Waals surface area (Å²) in [6.07, 6.45) is 0.846. The number of anilines is 1. The van der Waals surface area contributed by atoms with Gasteiger partial charge in [-0.2, -0.15) is 5.10 Å². The molecule has 0 aliphatic rings. The number of benzene rings is 1. The van der Waals surface area contributed by atoms with E-state index >= 15 is 0 Å². The number of nitrogen functional groups attached to an aromatic ring is 1. The molecule has 0 fully saturated rings. The molecule has 3 N–H and O–H groups in total. The Labute approximate surface area is 95.4 Å². The van der Waals surface area contributed by atoms with Crippen LogP contribution in [0.15, 0.2) is 24.4 Å². The molecule has 0 unspecified atom stereocenters. The van der Waals surface area contributed by atoms with Gasteiger partial charge in [0.25, 0.3) is 0 Å². The van der Waals surface area contributed by atoms with E-state index in [1.807, 2.05) is 0 Å². The van der Waals surface area contributed by atoms with Crippen molar-refractivity contribution in [3.05, 3.63) is 47.2 Å². The van der Waals surface area contributed by atoms with Crippen molar-refractivity contribution in [1.82, 2.24) is 10.2 Å². The minimum Gasteiger partial charge on any atom is -0.383 e. The Bertz CT molecular complexity index is 545. The van der Waals surface area contributed by atoms with Crippen LogP contribution in [0.25, 0.3) is 0 Å². The summed E-state index contributed by atoms with van der Waals surface area (Å²) in [6.45, 7) is 0. The molecule has 0 aliphatic heterocycles. The summed E-state index contributed by atoms with van der Waals surface area (Å²) in [5.74, 6) is -1.90. The third-order valence-electron chi connectivity index (χ3n) is 2.37. The standard InChI is InChI=1S/C11H9F2N3O/c12-8-2-1-3-9(13)6(8)4-10(17)7-5-15-16-11(7)14/h1-3,5H,4H2,(H3,14,15,16). The van der Waals surface area contributed by atoms with Crippen LogP contribution in [0.3, 0.4) is 0 Å². The zero-order valence-corrected chi connectivity index (χ0v) is 8.71. The monoisotopic (exact) mass is 237 g/mol. The summed E-state index contributed by atoms with van der Waals surface area (Å²) < 4.78 is 26.6. The molecule has 1 heterocycles. The van der Waals surface area contributed by atoms with Crippen molar-refractivity contribution >= 4 is 11.6 Å². The van der Waals surface area contributed by atoms with Crippen LogP contribution in [0.4, 0.5) is 14.6 Å². The quantitative estimate of drug-likeness (QED) is 0.798. The normalized spacial score (nSPS) is 10.5. The fourth-order valence-electron chi connectivity index (χ4n) is 1.48. The molecule has 2 aromatic rings. The second kappa shape index (κ2) is 4.32. The Hall–Kier alpha value is -2.24. The van der Waals surface area contributed by atoms with Crippen LogP contribution in [0, 0.1) is 11.6 Å². The van der Waals surface area contributed by atoms with E-state index in [-0.39, 0.29) is 23.4 Å². The first-order valence-corrected chi connectivity index (χ1v) is 4.84. The third-order valence-corrected chi connectivity index (χ3v) is 2.37. The van der Waals surface area contributed by atoms with Gasteiger partial charge in [-0.1, -0.05) is 6.07 Å². The lowest BCUT2D eigenvalue weighted by molar-refractivity contribution is 0.0991. The number of Topliss-reactive ketones (excluding diaryl/α,β-unsaturated/α-hetero) is 1. The Morgan fingerprint density at radius 1 is 1.35 bits per heavy atom. The summed E-state index contributed by atoms with van der Waals surface area (Å²) in [5, 5.41) is 5.95. The van der Waals surface area contributed by atoms with Gasteiger partial charge in [0.1, 0.15) is 17.5 Å². The van der Waals surface area contributed by atoms with Crippen LogP contribution >= 0.6 is 0 Å². The second-order valence-corrected chi connectivity index (χ2v) is 3.50. The zero-order valence-electron chi connectivity index (χ0n) is 8.71. The van der Waals surface area contributed by atoms with E-state index in [0.717, 1.165) is 12.1 Å². The van der Waals surface area contributed by atoms with Crippen molar-refractivity contribution in [3.63, 3.8) is 0 Å². The van der Waals surface area contributed by atoms with Gasteiger partial charge < -0.3 is 5.73 Å². The maximum Gasteiger partial charge on any atom is 0.172 e. The number of carbonyl (C=O) groups is 1. The fraction of sp³-hybridized carbons (Fsp3) is 0.0909. The molecule has 17 heavy (non-hydrogen) atoms. The lowest BCUT2D eigenvalue weighted by Crippen LogP contribution is -2.08. The number of hydrogen-bond acceptors (Lipinski definition) is 3. The van der Waals surface area contributed by atoms with Gasteiger partial charge in [0.2, 0.25) is 0 Å². The fourth-order valence-corrected chi connectivity index (χ4v) is 1.48. The molecule has 1 aromatic heterocycles. The Morgan fingerprint density at radius 2 is 2.00 bits per heavy atom. The third kappa shape index (κ3) is 2.15. The number of rotatable bonds is 3. The number of H-pyrrole nitrogens is 1. The van der Waals surface area contributed by atoms with Crippen LogP contribution in [0.2, 0.25) is 0 Å². The van der Waals surface area contributed by atoms with Gasteiger partial charge in [0.15, 0.2) is 5.78 Å². The van der Waals surface area contributed by atoms with E-state index in [9.17, 15) is 13.6 Å². The van der Waals surface area contributed by atoms with Crippen LogP contribution in [0.5, 0.6) is 0 Å². The van der Waals surface area contributed by atoms with Gasteiger partial charge in [-0.05, 0) is 12.1 Å². The van der Waals surface area contributed by atoms with Crippen LogP contribution in [0.1, 0.15) is 15.9 Å². The molecule has 0 amide bonds. The van der Waals surface area contributed by atoms with Crippen LogP contribution in [-0.4, -0.2) is 16.0 Å². The van der Waals surface area contributed by atoms with Gasteiger partial charge in [0, 0.05) is 12.0 Å². The average Bonchev–Trinajstić information content (AvgIpc) is 2.70. The van der Waals surface area contributed by atoms with Crippen LogP contribution in [-0.2, 0) is 6.42 Å². The highest BCUT2D eigenvalue weighted by molar-refractivity contribution is 6.01. The maximum atomic E-state index is 13.3. The molecule has 2 rings (SSSR count). The number of carbonyl (C=O) groups excluding carboxylic acids is 1. The van der Waals surface area contributed by atoms with Crippen molar-refractivity contribution in [3.8, 4) is 0 Å². The summed E-state index contributed by atoms with van der Waals surface area (Å²) in [6, 6.07) is 3.44. The molecule has 0 atom stereocenters. The number of hydrogen-bond donors (Lipinski definition) is 2. The summed E-state index contributed by atoms with van der Waals surface area (Å²) in [7, 11) is 0. The molecule has 0 bridgehead atoms. The topological polar surface area (TPSA) is 71.8 Å². The number of nitrogens with one attached hydrogen (secondary N) is 1. The van der Waals surface area contributed by atoms with E-state index in [0.29, 0.717) is 0 Å². The first-order chi connectivity index (χ1) is 8.09. The molecular weight excluding hydrogens is 228 g/mol. The van der Waals surface area contributed by atoms with Crippen molar-refractivity contribution in [1.29, 1.82) is 0 Å². The molecule has 0 radical (unpaired) electrons. The Morgan fingerprint density at radius 3 is 2.53 bits per heavy atom. The lowest BCUT2D eigenvalue weighted by Gasteiger charge is -2.03. The highest BCUT2D eigenvalue weighted by atomic mass is 19.1. The predicted molar refractivity (Wildman–Crippen MR) is 57.4 cm³/mol. The van der Waals surface area contributed by atoms with E-state index in [1.165, 1.54) is 12.3 Å². The maximum absolute atomic E-state index is 13.3. The molecule has 1 aromatic carbocycles. The highest BCUT2D eigenvalue weighted by Gasteiger charge is 2.17.